The van der Waals surface area contributed by atoms with Gasteiger partial charge < -0.3 is 5.73 Å². The molecule has 3 heteroatoms. The molecule has 84 valence electrons. The van der Waals surface area contributed by atoms with E-state index >= 15 is 0 Å². The minimum absolute atomic E-state index is 0.479. The van der Waals surface area contributed by atoms with Crippen molar-refractivity contribution in [2.75, 3.05) is 5.73 Å². The molecule has 15 heavy (non-hydrogen) atoms. The van der Waals surface area contributed by atoms with Crippen molar-refractivity contribution < 1.29 is 0 Å². The molecule has 1 heterocycles. The summed E-state index contributed by atoms with van der Waals surface area (Å²) in [4.78, 5) is 0. The first-order chi connectivity index (χ1) is 7.22. The maximum Gasteiger partial charge on any atom is 0.0881 e. The highest BCUT2D eigenvalue weighted by atomic mass is 15.3. The highest BCUT2D eigenvalue weighted by Crippen LogP contribution is 2.31. The quantitative estimate of drug-likeness (QED) is 0.827. The number of anilines is 1. The predicted molar refractivity (Wildman–Crippen MR) is 62.9 cm³/mol. The summed E-state index contributed by atoms with van der Waals surface area (Å²) < 4.78 is 2.10. The lowest BCUT2D eigenvalue weighted by Crippen LogP contribution is -2.06. The average molecular weight is 207 g/mol. The second kappa shape index (κ2) is 4.25. The van der Waals surface area contributed by atoms with Crippen LogP contribution < -0.4 is 5.73 Å². The van der Waals surface area contributed by atoms with Crippen molar-refractivity contribution in [2.45, 2.75) is 57.9 Å². The Labute approximate surface area is 91.7 Å². The van der Waals surface area contributed by atoms with Gasteiger partial charge in [0.2, 0.25) is 0 Å². The molecular weight excluding hydrogens is 186 g/mol. The van der Waals surface area contributed by atoms with Gasteiger partial charge in [-0.05, 0) is 19.3 Å². The molecule has 0 radical (unpaired) electrons. The SMILES string of the molecule is CCC(C)c1nn(C2CCCC2)cc1N. The maximum atomic E-state index is 6.00. The molecule has 3 nitrogen and oxygen atoms in total. The number of rotatable bonds is 3. The van der Waals surface area contributed by atoms with Gasteiger partial charge in [-0.3, -0.25) is 4.68 Å². The van der Waals surface area contributed by atoms with E-state index in [0.717, 1.165) is 17.8 Å². The van der Waals surface area contributed by atoms with Gasteiger partial charge in [0.15, 0.2) is 0 Å². The van der Waals surface area contributed by atoms with E-state index in [4.69, 9.17) is 5.73 Å². The second-order valence-electron chi connectivity index (χ2n) is 4.70. The van der Waals surface area contributed by atoms with Crippen LogP contribution in [0.15, 0.2) is 6.20 Å². The monoisotopic (exact) mass is 207 g/mol. The molecule has 0 aliphatic heterocycles. The van der Waals surface area contributed by atoms with E-state index in [1.807, 2.05) is 6.20 Å². The van der Waals surface area contributed by atoms with Crippen molar-refractivity contribution in [1.82, 2.24) is 9.78 Å². The molecular formula is C12H21N3. The van der Waals surface area contributed by atoms with Crippen LogP contribution in [0.3, 0.4) is 0 Å². The van der Waals surface area contributed by atoms with Gasteiger partial charge in [-0.15, -0.1) is 0 Å². The molecule has 1 aromatic heterocycles. The fourth-order valence-corrected chi connectivity index (χ4v) is 2.35. The maximum absolute atomic E-state index is 6.00. The molecule has 1 saturated carbocycles. The van der Waals surface area contributed by atoms with Crippen LogP contribution in [0, 0.1) is 0 Å². The van der Waals surface area contributed by atoms with Crippen LogP contribution >= 0.6 is 0 Å². The lowest BCUT2D eigenvalue weighted by Gasteiger charge is -2.09. The Morgan fingerprint density at radius 3 is 2.80 bits per heavy atom. The number of hydrogen-bond acceptors (Lipinski definition) is 2. The van der Waals surface area contributed by atoms with Gasteiger partial charge in [0.05, 0.1) is 17.4 Å². The van der Waals surface area contributed by atoms with Crippen LogP contribution in [0.4, 0.5) is 5.69 Å². The van der Waals surface area contributed by atoms with E-state index in [9.17, 15) is 0 Å². The molecule has 0 aromatic carbocycles. The molecule has 1 unspecified atom stereocenters. The molecule has 0 bridgehead atoms. The fraction of sp³-hybridized carbons (Fsp3) is 0.750. The van der Waals surface area contributed by atoms with Crippen molar-refractivity contribution in [3.63, 3.8) is 0 Å². The van der Waals surface area contributed by atoms with Crippen molar-refractivity contribution in [1.29, 1.82) is 0 Å². The van der Waals surface area contributed by atoms with Crippen LogP contribution in [0.25, 0.3) is 0 Å². The lowest BCUT2D eigenvalue weighted by atomic mass is 10.0. The molecule has 1 aromatic rings. The average Bonchev–Trinajstić information content (AvgIpc) is 2.84. The summed E-state index contributed by atoms with van der Waals surface area (Å²) in [5, 5.41) is 4.65. The van der Waals surface area contributed by atoms with E-state index in [1.165, 1.54) is 25.7 Å². The number of nitrogens with two attached hydrogens (primary N) is 1. The molecule has 1 fully saturated rings. The van der Waals surface area contributed by atoms with Crippen molar-refractivity contribution in [2.24, 2.45) is 0 Å². The minimum Gasteiger partial charge on any atom is -0.396 e. The van der Waals surface area contributed by atoms with E-state index in [0.29, 0.717) is 12.0 Å². The second-order valence-corrected chi connectivity index (χ2v) is 4.70. The van der Waals surface area contributed by atoms with Gasteiger partial charge >= 0.3 is 0 Å². The lowest BCUT2D eigenvalue weighted by molar-refractivity contribution is 0.459. The molecule has 0 saturated heterocycles. The first-order valence-electron chi connectivity index (χ1n) is 6.07. The normalized spacial score (nSPS) is 19.6. The van der Waals surface area contributed by atoms with Gasteiger partial charge in [0, 0.05) is 12.1 Å². The molecule has 1 atom stereocenters. The highest BCUT2D eigenvalue weighted by molar-refractivity contribution is 5.42. The molecule has 1 aliphatic rings. The molecule has 1 aliphatic carbocycles. The van der Waals surface area contributed by atoms with E-state index < -0.39 is 0 Å². The zero-order valence-electron chi connectivity index (χ0n) is 9.74. The van der Waals surface area contributed by atoms with Gasteiger partial charge in [0.25, 0.3) is 0 Å². The standard InChI is InChI=1S/C12H21N3/c1-3-9(2)12-11(13)8-15(14-12)10-6-4-5-7-10/h8-10H,3-7,13H2,1-2H3. The summed E-state index contributed by atoms with van der Waals surface area (Å²) in [6.45, 7) is 4.37. The molecule has 0 amide bonds. The Hall–Kier alpha value is -0.990. The highest BCUT2D eigenvalue weighted by Gasteiger charge is 2.20. The van der Waals surface area contributed by atoms with E-state index in [2.05, 4.69) is 23.6 Å². The number of hydrogen-bond donors (Lipinski definition) is 1. The van der Waals surface area contributed by atoms with Crippen LogP contribution in [-0.4, -0.2) is 9.78 Å². The summed E-state index contributed by atoms with van der Waals surface area (Å²) >= 11 is 0. The van der Waals surface area contributed by atoms with E-state index in [1.54, 1.807) is 0 Å². The third kappa shape index (κ3) is 2.01. The fourth-order valence-electron chi connectivity index (χ4n) is 2.35. The summed E-state index contributed by atoms with van der Waals surface area (Å²) in [5.74, 6) is 0.479. The van der Waals surface area contributed by atoms with Gasteiger partial charge in [-0.25, -0.2) is 0 Å². The van der Waals surface area contributed by atoms with Crippen LogP contribution in [0.2, 0.25) is 0 Å². The summed E-state index contributed by atoms with van der Waals surface area (Å²) in [5.41, 5.74) is 7.96. The van der Waals surface area contributed by atoms with Gasteiger partial charge in [-0.2, -0.15) is 5.10 Å². The largest absolute Gasteiger partial charge is 0.396 e. The molecule has 0 spiro atoms. The Balaban J connectivity index is 2.20. The van der Waals surface area contributed by atoms with Crippen LogP contribution in [0.5, 0.6) is 0 Å². The Kier molecular flexibility index (Phi) is 2.98. The zero-order valence-corrected chi connectivity index (χ0v) is 9.74. The topological polar surface area (TPSA) is 43.8 Å². The first-order valence-corrected chi connectivity index (χ1v) is 6.07. The summed E-state index contributed by atoms with van der Waals surface area (Å²) in [6, 6.07) is 0.602. The molecule has 2 rings (SSSR count). The number of nitrogens with zero attached hydrogens (tertiary/aromatic N) is 2. The van der Waals surface area contributed by atoms with Gasteiger partial charge in [0.1, 0.15) is 0 Å². The van der Waals surface area contributed by atoms with Crippen molar-refractivity contribution in [3.8, 4) is 0 Å². The van der Waals surface area contributed by atoms with Crippen molar-refractivity contribution in [3.05, 3.63) is 11.9 Å². The zero-order chi connectivity index (χ0) is 10.8. The van der Waals surface area contributed by atoms with E-state index in [-0.39, 0.29) is 0 Å². The van der Waals surface area contributed by atoms with Gasteiger partial charge in [-0.1, -0.05) is 26.7 Å². The third-order valence-electron chi connectivity index (χ3n) is 3.57. The third-order valence-corrected chi connectivity index (χ3v) is 3.57. The summed E-state index contributed by atoms with van der Waals surface area (Å²) in [7, 11) is 0. The Bertz CT molecular complexity index is 324. The summed E-state index contributed by atoms with van der Waals surface area (Å²) in [6.07, 6.45) is 8.33. The smallest absolute Gasteiger partial charge is 0.0881 e. The Morgan fingerprint density at radius 1 is 1.53 bits per heavy atom. The number of nitrogen functional groups attached to an aromatic ring is 1. The predicted octanol–water partition coefficient (Wildman–Crippen LogP) is 3.09. The van der Waals surface area contributed by atoms with Crippen LogP contribution in [-0.2, 0) is 0 Å². The molecule has 2 N–H and O–H groups in total. The van der Waals surface area contributed by atoms with Crippen LogP contribution in [0.1, 0.15) is 63.6 Å². The van der Waals surface area contributed by atoms with Crippen molar-refractivity contribution >= 4 is 5.69 Å². The Morgan fingerprint density at radius 2 is 2.20 bits per heavy atom. The number of aromatic nitrogens is 2. The first kappa shape index (κ1) is 10.5. The minimum atomic E-state index is 0.479.